The second kappa shape index (κ2) is 6.20. The van der Waals surface area contributed by atoms with Gasteiger partial charge in [0.2, 0.25) is 0 Å². The zero-order valence-corrected chi connectivity index (χ0v) is 13.5. The van der Waals surface area contributed by atoms with E-state index < -0.39 is 0 Å². The number of benzene rings is 1. The molecule has 1 N–H and O–H groups in total. The van der Waals surface area contributed by atoms with E-state index in [1.54, 1.807) is 0 Å². The Kier molecular flexibility index (Phi) is 4.84. The van der Waals surface area contributed by atoms with E-state index >= 15 is 0 Å². The third-order valence-corrected chi connectivity index (χ3v) is 5.30. The number of halogens is 2. The number of hydrogen-bond donors (Lipinski definition) is 1. The number of nitrogens with one attached hydrogen (secondary N) is 1. The van der Waals surface area contributed by atoms with Crippen LogP contribution in [0.2, 0.25) is 5.02 Å². The lowest BCUT2D eigenvalue weighted by molar-refractivity contribution is 0.607. The predicted octanol–water partition coefficient (Wildman–Crippen LogP) is 5.50. The highest BCUT2D eigenvalue weighted by Crippen LogP contribution is 2.34. The van der Waals surface area contributed by atoms with Crippen molar-refractivity contribution in [3.05, 3.63) is 44.7 Å². The van der Waals surface area contributed by atoms with Crippen molar-refractivity contribution >= 4 is 38.9 Å². The molecule has 0 aliphatic carbocycles. The van der Waals surface area contributed by atoms with Crippen LogP contribution in [0.15, 0.2) is 34.8 Å². The summed E-state index contributed by atoms with van der Waals surface area (Å²) in [6, 6.07) is 10.8. The number of hydrogen-bond acceptors (Lipinski definition) is 2. The summed E-state index contributed by atoms with van der Waals surface area (Å²) >= 11 is 11.3. The van der Waals surface area contributed by atoms with Crippen LogP contribution in [0.3, 0.4) is 0 Å². The molecular weight excluding hydrogens is 330 g/mol. The number of rotatable bonds is 4. The largest absolute Gasteiger partial charge is 0.310 e. The van der Waals surface area contributed by atoms with Gasteiger partial charge >= 0.3 is 0 Å². The molecule has 96 valence electrons. The van der Waals surface area contributed by atoms with Crippen LogP contribution in [0.1, 0.15) is 24.8 Å². The van der Waals surface area contributed by atoms with Crippen LogP contribution in [0, 0.1) is 0 Å². The molecule has 1 aromatic heterocycles. The summed E-state index contributed by atoms with van der Waals surface area (Å²) in [6.07, 6.45) is 0. The maximum Gasteiger partial charge on any atom is 0.0548 e. The van der Waals surface area contributed by atoms with Gasteiger partial charge in [-0.1, -0.05) is 24.6 Å². The monoisotopic (exact) mass is 343 g/mol. The van der Waals surface area contributed by atoms with Crippen LogP contribution < -0.4 is 5.32 Å². The summed E-state index contributed by atoms with van der Waals surface area (Å²) in [5.41, 5.74) is 1.20. The van der Waals surface area contributed by atoms with Gasteiger partial charge in [-0.3, -0.25) is 0 Å². The van der Waals surface area contributed by atoms with Crippen molar-refractivity contribution in [3.63, 3.8) is 0 Å². The van der Waals surface area contributed by atoms with Gasteiger partial charge in [-0.15, -0.1) is 11.3 Å². The van der Waals surface area contributed by atoms with Gasteiger partial charge in [-0.25, -0.2) is 0 Å². The zero-order chi connectivity index (χ0) is 13.1. The van der Waals surface area contributed by atoms with E-state index in [1.807, 2.05) is 17.4 Å². The first kappa shape index (κ1) is 14.1. The second-order valence-corrected chi connectivity index (χ2v) is 6.49. The Balaban J connectivity index is 2.26. The standard InChI is InChI=1S/C14H15BrClNS/c1-3-17-9(2)13-6-7-14(18-13)10-4-5-12(16)11(15)8-10/h4-9,17H,3H2,1-2H3. The summed E-state index contributed by atoms with van der Waals surface area (Å²) in [5.74, 6) is 0. The third kappa shape index (κ3) is 3.15. The van der Waals surface area contributed by atoms with Crippen molar-refractivity contribution < 1.29 is 0 Å². The first-order valence-corrected chi connectivity index (χ1v) is 7.89. The fourth-order valence-electron chi connectivity index (χ4n) is 1.80. The highest BCUT2D eigenvalue weighted by Gasteiger charge is 2.09. The highest BCUT2D eigenvalue weighted by molar-refractivity contribution is 9.10. The van der Waals surface area contributed by atoms with Crippen molar-refractivity contribution in [3.8, 4) is 10.4 Å². The molecule has 0 amide bonds. The Hall–Kier alpha value is -0.350. The second-order valence-electron chi connectivity index (χ2n) is 4.11. The van der Waals surface area contributed by atoms with Gasteiger partial charge in [0.1, 0.15) is 0 Å². The molecule has 18 heavy (non-hydrogen) atoms. The SMILES string of the molecule is CCNC(C)c1ccc(-c2ccc(Cl)c(Br)c2)s1. The van der Waals surface area contributed by atoms with Gasteiger partial charge in [-0.05, 0) is 59.2 Å². The smallest absolute Gasteiger partial charge is 0.0548 e. The van der Waals surface area contributed by atoms with Crippen LogP contribution >= 0.6 is 38.9 Å². The summed E-state index contributed by atoms with van der Waals surface area (Å²) in [7, 11) is 0. The van der Waals surface area contributed by atoms with Crippen LogP contribution in [-0.2, 0) is 0 Å². The Morgan fingerprint density at radius 3 is 2.78 bits per heavy atom. The van der Waals surface area contributed by atoms with E-state index in [0.29, 0.717) is 6.04 Å². The molecule has 1 atom stereocenters. The molecule has 1 unspecified atom stereocenters. The molecule has 0 saturated carbocycles. The first-order chi connectivity index (χ1) is 8.61. The Morgan fingerprint density at radius 2 is 2.11 bits per heavy atom. The molecule has 0 fully saturated rings. The summed E-state index contributed by atoms with van der Waals surface area (Å²) in [4.78, 5) is 2.63. The van der Waals surface area contributed by atoms with Gasteiger partial charge in [0.25, 0.3) is 0 Å². The average Bonchev–Trinajstić information content (AvgIpc) is 2.82. The fraction of sp³-hybridized carbons (Fsp3) is 0.286. The lowest BCUT2D eigenvalue weighted by atomic mass is 10.2. The van der Waals surface area contributed by atoms with E-state index in [0.717, 1.165) is 16.0 Å². The van der Waals surface area contributed by atoms with Gasteiger partial charge in [-0.2, -0.15) is 0 Å². The van der Waals surface area contributed by atoms with Crippen molar-refractivity contribution in [1.29, 1.82) is 0 Å². The quantitative estimate of drug-likeness (QED) is 0.772. The van der Waals surface area contributed by atoms with Crippen molar-refractivity contribution in [2.45, 2.75) is 19.9 Å². The van der Waals surface area contributed by atoms with Crippen LogP contribution in [-0.4, -0.2) is 6.54 Å². The van der Waals surface area contributed by atoms with E-state index in [-0.39, 0.29) is 0 Å². The highest BCUT2D eigenvalue weighted by atomic mass is 79.9. The first-order valence-electron chi connectivity index (χ1n) is 5.90. The van der Waals surface area contributed by atoms with Crippen LogP contribution in [0.25, 0.3) is 10.4 Å². The lowest BCUT2D eigenvalue weighted by Gasteiger charge is -2.09. The third-order valence-electron chi connectivity index (χ3n) is 2.77. The van der Waals surface area contributed by atoms with Crippen molar-refractivity contribution in [2.24, 2.45) is 0 Å². The van der Waals surface area contributed by atoms with Crippen molar-refractivity contribution in [1.82, 2.24) is 5.32 Å². The molecule has 0 bridgehead atoms. The molecule has 1 heterocycles. The molecule has 0 aliphatic heterocycles. The maximum absolute atomic E-state index is 6.01. The molecule has 4 heteroatoms. The van der Waals surface area contributed by atoms with E-state index in [4.69, 9.17) is 11.6 Å². The van der Waals surface area contributed by atoms with Gasteiger partial charge in [0.05, 0.1) is 5.02 Å². The van der Waals surface area contributed by atoms with Crippen molar-refractivity contribution in [2.75, 3.05) is 6.54 Å². The van der Waals surface area contributed by atoms with E-state index in [9.17, 15) is 0 Å². The van der Waals surface area contributed by atoms with Crippen LogP contribution in [0.5, 0.6) is 0 Å². The van der Waals surface area contributed by atoms with Crippen LogP contribution in [0.4, 0.5) is 0 Å². The van der Waals surface area contributed by atoms with E-state index in [2.05, 4.69) is 59.4 Å². The molecule has 2 rings (SSSR count). The number of thiophene rings is 1. The Bertz CT molecular complexity index is 538. The zero-order valence-electron chi connectivity index (χ0n) is 10.3. The summed E-state index contributed by atoms with van der Waals surface area (Å²) in [6.45, 7) is 5.30. The van der Waals surface area contributed by atoms with E-state index in [1.165, 1.54) is 15.3 Å². The maximum atomic E-state index is 6.01. The van der Waals surface area contributed by atoms with Gasteiger partial charge in [0, 0.05) is 20.3 Å². The Labute approximate surface area is 125 Å². The molecule has 2 aromatic rings. The van der Waals surface area contributed by atoms with Gasteiger partial charge < -0.3 is 5.32 Å². The molecule has 1 aromatic carbocycles. The Morgan fingerprint density at radius 1 is 1.33 bits per heavy atom. The molecule has 0 spiro atoms. The fourth-order valence-corrected chi connectivity index (χ4v) is 3.32. The molecule has 1 nitrogen and oxygen atoms in total. The minimum absolute atomic E-state index is 0.407. The predicted molar refractivity (Wildman–Crippen MR) is 84.6 cm³/mol. The lowest BCUT2D eigenvalue weighted by Crippen LogP contribution is -2.16. The minimum atomic E-state index is 0.407. The topological polar surface area (TPSA) is 12.0 Å². The minimum Gasteiger partial charge on any atom is -0.310 e. The summed E-state index contributed by atoms with van der Waals surface area (Å²) in [5, 5.41) is 4.17. The molecule has 0 aliphatic rings. The summed E-state index contributed by atoms with van der Waals surface area (Å²) < 4.78 is 0.941. The molecule has 0 radical (unpaired) electrons. The average molecular weight is 345 g/mol. The molecule has 0 saturated heterocycles. The van der Waals surface area contributed by atoms with Gasteiger partial charge in [0.15, 0.2) is 0 Å². The molecular formula is C14H15BrClNS. The normalized spacial score (nSPS) is 12.7.